The van der Waals surface area contributed by atoms with Gasteiger partial charge in [0.05, 0.1) is 22.0 Å². The molecule has 3 nitrogen and oxygen atoms in total. The minimum Gasteiger partial charge on any atom is -0.252 e. The highest BCUT2D eigenvalue weighted by atomic mass is 32.1. The summed E-state index contributed by atoms with van der Waals surface area (Å²) in [5.74, 6) is 0. The molecule has 1 aromatic heterocycles. The molecule has 0 fully saturated rings. The van der Waals surface area contributed by atoms with E-state index in [1.807, 2.05) is 30.5 Å². The van der Waals surface area contributed by atoms with Crippen molar-refractivity contribution in [1.29, 1.82) is 10.5 Å². The molecule has 72 valence electrons. The fourth-order valence-corrected chi connectivity index (χ4v) is 1.70. The lowest BCUT2D eigenvalue weighted by Gasteiger charge is -1.94. The summed E-state index contributed by atoms with van der Waals surface area (Å²) in [6.45, 7) is 3.50. The Bertz CT molecular complexity index is 463. The fourth-order valence-electron chi connectivity index (χ4n) is 1.07. The monoisotopic (exact) mass is 213 g/mol. The number of nitriles is 2. The Labute approximate surface area is 91.9 Å². The zero-order valence-electron chi connectivity index (χ0n) is 7.79. The minimum atomic E-state index is 0.688. The van der Waals surface area contributed by atoms with E-state index in [1.165, 1.54) is 0 Å². The Kier molecular flexibility index (Phi) is 4.03. The van der Waals surface area contributed by atoms with E-state index in [0.29, 0.717) is 5.56 Å². The van der Waals surface area contributed by atoms with Crippen LogP contribution in [0.4, 0.5) is 0 Å². The van der Waals surface area contributed by atoms with Gasteiger partial charge in [0.15, 0.2) is 0 Å². The Balaban J connectivity index is 0.000000531. The van der Waals surface area contributed by atoms with Crippen LogP contribution in [-0.2, 0) is 0 Å². The Morgan fingerprint density at radius 1 is 1.20 bits per heavy atom. The molecule has 0 aliphatic carbocycles. The van der Waals surface area contributed by atoms with Crippen LogP contribution in [-0.4, -0.2) is 4.98 Å². The summed E-state index contributed by atoms with van der Waals surface area (Å²) >= 11 is 1.60. The van der Waals surface area contributed by atoms with Crippen LogP contribution in [0.3, 0.4) is 0 Å². The number of nitrogens with zero attached hydrogens (tertiary/aromatic N) is 3. The molecule has 0 bridgehead atoms. The van der Waals surface area contributed by atoms with E-state index < -0.39 is 0 Å². The van der Waals surface area contributed by atoms with E-state index in [1.54, 1.807) is 16.8 Å². The largest absolute Gasteiger partial charge is 0.252 e. The molecule has 0 radical (unpaired) electrons. The molecular formula is C11H7N3S. The van der Waals surface area contributed by atoms with Gasteiger partial charge in [0.2, 0.25) is 0 Å². The van der Waals surface area contributed by atoms with E-state index >= 15 is 0 Å². The quantitative estimate of drug-likeness (QED) is 0.731. The zero-order valence-corrected chi connectivity index (χ0v) is 8.61. The van der Waals surface area contributed by atoms with Gasteiger partial charge in [-0.25, -0.2) is 5.26 Å². The van der Waals surface area contributed by atoms with Crippen molar-refractivity contribution in [2.24, 2.45) is 0 Å². The van der Waals surface area contributed by atoms with Gasteiger partial charge >= 0.3 is 0 Å². The second-order valence-electron chi connectivity index (χ2n) is 2.55. The predicted molar refractivity (Wildman–Crippen MR) is 58.9 cm³/mol. The molecule has 0 amide bonds. The molecule has 0 aliphatic heterocycles. The van der Waals surface area contributed by atoms with E-state index in [2.05, 4.69) is 17.6 Å². The predicted octanol–water partition coefficient (Wildman–Crippen LogP) is 2.82. The van der Waals surface area contributed by atoms with Crippen LogP contribution < -0.4 is 0 Å². The SMILES string of the molecule is C#N.N#Cc1ccc(-c2cncs2)cc1. The van der Waals surface area contributed by atoms with Crippen molar-refractivity contribution in [2.45, 2.75) is 0 Å². The van der Waals surface area contributed by atoms with E-state index in [0.717, 1.165) is 10.4 Å². The number of thiazole rings is 1. The lowest BCUT2D eigenvalue weighted by atomic mass is 10.1. The highest BCUT2D eigenvalue weighted by Crippen LogP contribution is 2.22. The Morgan fingerprint density at radius 3 is 2.33 bits per heavy atom. The first-order valence-electron chi connectivity index (χ1n) is 4.05. The summed E-state index contributed by atoms with van der Waals surface area (Å²) < 4.78 is 0. The van der Waals surface area contributed by atoms with Crippen LogP contribution in [0.2, 0.25) is 0 Å². The van der Waals surface area contributed by atoms with Gasteiger partial charge in [0.1, 0.15) is 0 Å². The number of aromatic nitrogens is 1. The smallest absolute Gasteiger partial charge is 0.0991 e. The molecule has 0 atom stereocenters. The summed E-state index contributed by atoms with van der Waals surface area (Å²) in [4.78, 5) is 5.12. The van der Waals surface area contributed by atoms with Crippen molar-refractivity contribution < 1.29 is 0 Å². The molecule has 15 heavy (non-hydrogen) atoms. The maximum Gasteiger partial charge on any atom is 0.0991 e. The highest BCUT2D eigenvalue weighted by Gasteiger charge is 1.98. The van der Waals surface area contributed by atoms with E-state index in [4.69, 9.17) is 10.5 Å². The number of hydrogen-bond acceptors (Lipinski definition) is 4. The number of hydrogen-bond donors (Lipinski definition) is 0. The van der Waals surface area contributed by atoms with Gasteiger partial charge in [-0.05, 0) is 17.7 Å². The summed E-state index contributed by atoms with van der Waals surface area (Å²) in [5, 5.41) is 15.1. The maximum atomic E-state index is 8.60. The standard InChI is InChI=1S/C10H6N2S.CHN/c11-5-8-1-3-9(4-2-8)10-6-12-7-13-10;1-2/h1-4,6-7H;1H. The van der Waals surface area contributed by atoms with Gasteiger partial charge in [-0.2, -0.15) is 5.26 Å². The normalized spacial score (nSPS) is 8.33. The average Bonchev–Trinajstić information content (AvgIpc) is 2.85. The number of benzene rings is 1. The molecule has 2 rings (SSSR count). The van der Waals surface area contributed by atoms with Crippen molar-refractivity contribution in [3.05, 3.63) is 41.5 Å². The van der Waals surface area contributed by atoms with Crippen LogP contribution in [0.15, 0.2) is 36.0 Å². The van der Waals surface area contributed by atoms with Gasteiger partial charge < -0.3 is 0 Å². The average molecular weight is 213 g/mol. The zero-order chi connectivity index (χ0) is 11.1. The molecule has 0 N–H and O–H groups in total. The van der Waals surface area contributed by atoms with E-state index in [-0.39, 0.29) is 0 Å². The third-order valence-corrected chi connectivity index (χ3v) is 2.55. The van der Waals surface area contributed by atoms with Gasteiger partial charge in [-0.1, -0.05) is 12.1 Å². The minimum absolute atomic E-state index is 0.688. The Hall–Kier alpha value is -2.17. The second kappa shape index (κ2) is 5.54. The van der Waals surface area contributed by atoms with Crippen molar-refractivity contribution in [2.75, 3.05) is 0 Å². The summed E-state index contributed by atoms with van der Waals surface area (Å²) in [6, 6.07) is 9.59. The fraction of sp³-hybridized carbons (Fsp3) is 0. The molecule has 2 aromatic rings. The van der Waals surface area contributed by atoms with Gasteiger partial charge in [-0.15, -0.1) is 11.3 Å². The van der Waals surface area contributed by atoms with Gasteiger partial charge in [0.25, 0.3) is 0 Å². The molecule has 0 saturated heterocycles. The molecule has 0 saturated carbocycles. The molecule has 1 heterocycles. The lowest BCUT2D eigenvalue weighted by molar-refractivity contribution is 1.42. The first kappa shape index (κ1) is 10.9. The molecule has 0 aliphatic rings. The second-order valence-corrected chi connectivity index (χ2v) is 3.44. The topological polar surface area (TPSA) is 60.5 Å². The van der Waals surface area contributed by atoms with Crippen molar-refractivity contribution in [3.8, 4) is 23.1 Å². The summed E-state index contributed by atoms with van der Waals surface area (Å²) in [6.07, 6.45) is 1.83. The van der Waals surface area contributed by atoms with Gasteiger partial charge in [0, 0.05) is 12.8 Å². The number of rotatable bonds is 1. The van der Waals surface area contributed by atoms with Crippen molar-refractivity contribution in [3.63, 3.8) is 0 Å². The van der Waals surface area contributed by atoms with Crippen LogP contribution >= 0.6 is 11.3 Å². The Morgan fingerprint density at radius 2 is 1.87 bits per heavy atom. The molecule has 0 spiro atoms. The summed E-state index contributed by atoms with van der Waals surface area (Å²) in [5.41, 5.74) is 3.60. The first-order chi connectivity index (χ1) is 7.40. The van der Waals surface area contributed by atoms with E-state index in [9.17, 15) is 0 Å². The third-order valence-electron chi connectivity index (χ3n) is 1.73. The van der Waals surface area contributed by atoms with Crippen LogP contribution in [0.25, 0.3) is 10.4 Å². The summed E-state index contributed by atoms with van der Waals surface area (Å²) in [7, 11) is 0. The van der Waals surface area contributed by atoms with Crippen molar-refractivity contribution in [1.82, 2.24) is 4.98 Å². The molecule has 1 aromatic carbocycles. The van der Waals surface area contributed by atoms with Crippen LogP contribution in [0.5, 0.6) is 0 Å². The highest BCUT2D eigenvalue weighted by molar-refractivity contribution is 7.13. The van der Waals surface area contributed by atoms with Crippen LogP contribution in [0, 0.1) is 23.2 Å². The van der Waals surface area contributed by atoms with Crippen molar-refractivity contribution >= 4 is 11.3 Å². The molecule has 0 unspecified atom stereocenters. The van der Waals surface area contributed by atoms with Gasteiger partial charge in [-0.3, -0.25) is 4.98 Å². The third kappa shape index (κ3) is 2.63. The van der Waals surface area contributed by atoms with Crippen LogP contribution in [0.1, 0.15) is 5.56 Å². The lowest BCUT2D eigenvalue weighted by Crippen LogP contribution is -1.74. The molecular weight excluding hydrogens is 206 g/mol. The molecule has 4 heteroatoms. The maximum absolute atomic E-state index is 8.60. The first-order valence-corrected chi connectivity index (χ1v) is 4.93.